The molecule has 128 valence electrons. The smallest absolute Gasteiger partial charge is 0.275 e. The second-order valence-electron chi connectivity index (χ2n) is 5.56. The molecule has 1 aliphatic heterocycles. The van der Waals surface area contributed by atoms with Gasteiger partial charge in [0.1, 0.15) is 28.1 Å². The van der Waals surface area contributed by atoms with Crippen molar-refractivity contribution in [3.05, 3.63) is 59.4 Å². The minimum atomic E-state index is -4.41. The zero-order valence-electron chi connectivity index (χ0n) is 13.1. The Balaban J connectivity index is 1.87. The number of hydrogen-bond acceptors (Lipinski definition) is 5. The van der Waals surface area contributed by atoms with Crippen molar-refractivity contribution >= 4 is 15.9 Å². The van der Waals surface area contributed by atoms with Crippen molar-refractivity contribution in [1.82, 2.24) is 4.72 Å². The maximum Gasteiger partial charge on any atom is 0.275 e. The lowest BCUT2D eigenvalue weighted by atomic mass is 9.97. The number of benzene rings is 2. The molecule has 2 aromatic rings. The van der Waals surface area contributed by atoms with Gasteiger partial charge in [-0.15, -0.1) is 0 Å². The molecule has 0 saturated carbocycles. The first kappa shape index (κ1) is 16.9. The summed E-state index contributed by atoms with van der Waals surface area (Å²) in [7, 11) is -4.41. The van der Waals surface area contributed by atoms with Crippen LogP contribution >= 0.6 is 0 Å². The Hall–Kier alpha value is -2.92. The number of nitrogens with one attached hydrogen (secondary N) is 1. The number of carbonyl (C=O) groups is 1. The Morgan fingerprint density at radius 1 is 1.24 bits per heavy atom. The van der Waals surface area contributed by atoms with Gasteiger partial charge in [-0.1, -0.05) is 31.2 Å². The zero-order chi connectivity index (χ0) is 18.2. The molecule has 0 spiro atoms. The molecule has 1 N–H and O–H groups in total. The predicted molar refractivity (Wildman–Crippen MR) is 85.7 cm³/mol. The first-order valence-electron chi connectivity index (χ1n) is 7.36. The van der Waals surface area contributed by atoms with Gasteiger partial charge in [0.15, 0.2) is 6.10 Å². The van der Waals surface area contributed by atoms with Gasteiger partial charge in [-0.2, -0.15) is 5.26 Å². The van der Waals surface area contributed by atoms with Crippen LogP contribution in [0, 0.1) is 17.1 Å². The van der Waals surface area contributed by atoms with Crippen LogP contribution < -0.4 is 9.46 Å². The van der Waals surface area contributed by atoms with E-state index in [9.17, 15) is 17.6 Å². The summed E-state index contributed by atoms with van der Waals surface area (Å²) in [5.74, 6) is -1.70. The molecule has 2 atom stereocenters. The van der Waals surface area contributed by atoms with Crippen molar-refractivity contribution in [2.24, 2.45) is 0 Å². The molecule has 0 saturated heterocycles. The van der Waals surface area contributed by atoms with Gasteiger partial charge in [-0.3, -0.25) is 4.79 Å². The van der Waals surface area contributed by atoms with E-state index in [-0.39, 0.29) is 5.92 Å². The fraction of sp³-hybridized carbons (Fsp3) is 0.176. The molecule has 2 aromatic carbocycles. The Kier molecular flexibility index (Phi) is 4.18. The van der Waals surface area contributed by atoms with E-state index in [2.05, 4.69) is 0 Å². The number of fused-ring (bicyclic) bond motifs is 1. The Bertz CT molecular complexity index is 998. The number of ether oxygens (including phenoxy) is 1. The average molecular weight is 360 g/mol. The van der Waals surface area contributed by atoms with E-state index in [0.29, 0.717) is 5.75 Å². The maximum atomic E-state index is 13.6. The molecular weight excluding hydrogens is 347 g/mol. The summed E-state index contributed by atoms with van der Waals surface area (Å²) < 4.78 is 45.8. The fourth-order valence-electron chi connectivity index (χ4n) is 2.73. The van der Waals surface area contributed by atoms with Crippen LogP contribution in [0.3, 0.4) is 0 Å². The largest absolute Gasteiger partial charge is 0.480 e. The normalized spacial score (nSPS) is 18.8. The summed E-state index contributed by atoms with van der Waals surface area (Å²) >= 11 is 0. The maximum absolute atomic E-state index is 13.6. The van der Waals surface area contributed by atoms with Crippen LogP contribution in [0.25, 0.3) is 0 Å². The van der Waals surface area contributed by atoms with E-state index < -0.39 is 38.3 Å². The van der Waals surface area contributed by atoms with E-state index in [4.69, 9.17) is 10.00 Å². The highest BCUT2D eigenvalue weighted by Gasteiger charge is 2.38. The number of sulfonamides is 1. The first-order chi connectivity index (χ1) is 11.8. The molecule has 1 heterocycles. The van der Waals surface area contributed by atoms with E-state index in [1.807, 2.05) is 4.72 Å². The van der Waals surface area contributed by atoms with Gasteiger partial charge in [0.05, 0.1) is 0 Å². The minimum Gasteiger partial charge on any atom is -0.480 e. The van der Waals surface area contributed by atoms with Gasteiger partial charge in [0, 0.05) is 11.5 Å². The van der Waals surface area contributed by atoms with Gasteiger partial charge < -0.3 is 4.74 Å². The predicted octanol–water partition coefficient (Wildman–Crippen LogP) is 2.07. The quantitative estimate of drug-likeness (QED) is 0.904. The number of nitriles is 1. The van der Waals surface area contributed by atoms with Crippen LogP contribution in [-0.2, 0) is 14.8 Å². The number of halogens is 1. The summed E-state index contributed by atoms with van der Waals surface area (Å²) in [6.45, 7) is 1.74. The van der Waals surface area contributed by atoms with Crippen molar-refractivity contribution in [2.45, 2.75) is 23.8 Å². The number of para-hydroxylation sites is 1. The third kappa shape index (κ3) is 2.94. The summed E-state index contributed by atoms with van der Waals surface area (Å²) in [5, 5.41) is 8.98. The Morgan fingerprint density at radius 2 is 1.96 bits per heavy atom. The molecular formula is C17H13FN2O4S. The highest BCUT2D eigenvalue weighted by atomic mass is 32.2. The van der Waals surface area contributed by atoms with Crippen LogP contribution in [0.15, 0.2) is 47.4 Å². The van der Waals surface area contributed by atoms with Crippen LogP contribution in [0.5, 0.6) is 5.75 Å². The lowest BCUT2D eigenvalue weighted by Gasteiger charge is -2.16. The number of amides is 1. The lowest BCUT2D eigenvalue weighted by Crippen LogP contribution is -2.42. The van der Waals surface area contributed by atoms with E-state index >= 15 is 0 Å². The van der Waals surface area contributed by atoms with Crippen LogP contribution in [0.2, 0.25) is 0 Å². The molecule has 1 aliphatic rings. The van der Waals surface area contributed by atoms with Crippen molar-refractivity contribution < 1.29 is 22.3 Å². The molecule has 0 unspecified atom stereocenters. The zero-order valence-corrected chi connectivity index (χ0v) is 13.9. The van der Waals surface area contributed by atoms with E-state index in [0.717, 1.165) is 23.8 Å². The van der Waals surface area contributed by atoms with Crippen LogP contribution in [0.1, 0.15) is 24.0 Å². The molecule has 25 heavy (non-hydrogen) atoms. The fourth-order valence-corrected chi connectivity index (χ4v) is 3.89. The van der Waals surface area contributed by atoms with Crippen molar-refractivity contribution in [1.29, 1.82) is 5.26 Å². The molecule has 6 nitrogen and oxygen atoms in total. The van der Waals surface area contributed by atoms with Crippen LogP contribution in [-0.4, -0.2) is 20.4 Å². The standard InChI is InChI=1S/C17H13FN2O4S/c1-10-11-5-2-3-7-14(11)24-16(10)17(21)20-25(22,23)15-8-4-6-13(18)12(15)9-19/h2-8,10,16H,1H3,(H,20,21)/t10-,16+/m1/s1. The van der Waals surface area contributed by atoms with Crippen LogP contribution in [0.4, 0.5) is 4.39 Å². The second-order valence-corrected chi connectivity index (χ2v) is 7.21. The molecule has 1 amide bonds. The molecule has 8 heteroatoms. The SMILES string of the molecule is C[C@@H]1c2ccccc2O[C@@H]1C(=O)NS(=O)(=O)c1cccc(F)c1C#N. The molecule has 0 radical (unpaired) electrons. The third-order valence-electron chi connectivity index (χ3n) is 3.99. The lowest BCUT2D eigenvalue weighted by molar-refractivity contribution is -0.126. The molecule has 0 fully saturated rings. The van der Waals surface area contributed by atoms with Gasteiger partial charge >= 0.3 is 0 Å². The van der Waals surface area contributed by atoms with Crippen molar-refractivity contribution in [3.8, 4) is 11.8 Å². The highest BCUT2D eigenvalue weighted by Crippen LogP contribution is 2.37. The highest BCUT2D eigenvalue weighted by molar-refractivity contribution is 7.90. The molecule has 3 rings (SSSR count). The van der Waals surface area contributed by atoms with Gasteiger partial charge in [-0.05, 0) is 18.2 Å². The van der Waals surface area contributed by atoms with E-state index in [1.54, 1.807) is 31.2 Å². The van der Waals surface area contributed by atoms with Gasteiger partial charge in [0.25, 0.3) is 15.9 Å². The number of carbonyl (C=O) groups excluding carboxylic acids is 1. The summed E-state index contributed by atoms with van der Waals surface area (Å²) in [5.41, 5.74) is 0.148. The Morgan fingerprint density at radius 3 is 2.64 bits per heavy atom. The van der Waals surface area contributed by atoms with Crippen molar-refractivity contribution in [2.75, 3.05) is 0 Å². The third-order valence-corrected chi connectivity index (χ3v) is 5.38. The molecule has 0 aromatic heterocycles. The topological polar surface area (TPSA) is 96.3 Å². The van der Waals surface area contributed by atoms with E-state index in [1.165, 1.54) is 6.07 Å². The summed E-state index contributed by atoms with van der Waals surface area (Å²) in [6, 6.07) is 11.7. The molecule has 0 bridgehead atoms. The number of hydrogen-bond donors (Lipinski definition) is 1. The Labute approximate surface area is 143 Å². The average Bonchev–Trinajstić information content (AvgIpc) is 2.92. The number of rotatable bonds is 3. The summed E-state index contributed by atoms with van der Waals surface area (Å²) in [6.07, 6.45) is -1.04. The first-order valence-corrected chi connectivity index (χ1v) is 8.84. The van der Waals surface area contributed by atoms with Crippen molar-refractivity contribution in [3.63, 3.8) is 0 Å². The number of nitrogens with zero attached hydrogens (tertiary/aromatic N) is 1. The van der Waals surface area contributed by atoms with Gasteiger partial charge in [-0.25, -0.2) is 17.5 Å². The minimum absolute atomic E-state index is 0.352. The molecule has 0 aliphatic carbocycles. The second kappa shape index (κ2) is 6.18. The monoisotopic (exact) mass is 360 g/mol. The van der Waals surface area contributed by atoms with Gasteiger partial charge in [0.2, 0.25) is 0 Å². The summed E-state index contributed by atoms with van der Waals surface area (Å²) in [4.78, 5) is 11.8.